The van der Waals surface area contributed by atoms with Gasteiger partial charge in [0.25, 0.3) is 5.91 Å². The minimum atomic E-state index is -0.186. The average Bonchev–Trinajstić information content (AvgIpc) is 2.69. The highest BCUT2D eigenvalue weighted by atomic mass is 16.3. The molecule has 1 amide bonds. The Labute approximate surface area is 127 Å². The maximum absolute atomic E-state index is 12.4. The number of nitrogens with one attached hydrogen (secondary N) is 1. The van der Waals surface area contributed by atoms with E-state index in [0.29, 0.717) is 12.1 Å². The van der Waals surface area contributed by atoms with Gasteiger partial charge in [-0.1, -0.05) is 20.8 Å². The molecule has 0 spiro atoms. The minimum absolute atomic E-state index is 0.0533. The molecular formula is C16H29N3O2. The van der Waals surface area contributed by atoms with Crippen molar-refractivity contribution in [2.45, 2.75) is 66.5 Å². The van der Waals surface area contributed by atoms with Crippen molar-refractivity contribution < 1.29 is 9.90 Å². The van der Waals surface area contributed by atoms with Crippen molar-refractivity contribution in [2.75, 3.05) is 6.61 Å². The maximum atomic E-state index is 12.4. The topological polar surface area (TPSA) is 67.2 Å². The van der Waals surface area contributed by atoms with Crippen molar-refractivity contribution in [1.82, 2.24) is 15.1 Å². The van der Waals surface area contributed by atoms with E-state index in [1.54, 1.807) is 6.07 Å². The number of aromatic nitrogens is 2. The fourth-order valence-corrected chi connectivity index (χ4v) is 2.35. The van der Waals surface area contributed by atoms with Crippen LogP contribution in [0.5, 0.6) is 0 Å². The van der Waals surface area contributed by atoms with Crippen LogP contribution >= 0.6 is 0 Å². The predicted octanol–water partition coefficient (Wildman–Crippen LogP) is 2.47. The van der Waals surface area contributed by atoms with Gasteiger partial charge in [-0.05, 0) is 45.6 Å². The molecule has 0 aliphatic rings. The molecule has 0 saturated carbocycles. The van der Waals surface area contributed by atoms with Crippen molar-refractivity contribution in [3.05, 3.63) is 17.5 Å². The number of hydrogen-bond donors (Lipinski definition) is 2. The lowest BCUT2D eigenvalue weighted by atomic mass is 9.85. The SMILES string of the molecule is Cc1cc(C(=O)NC(CCO)C(C)(C)C)nn1C(C)(C)C. The first-order valence-corrected chi connectivity index (χ1v) is 7.45. The second-order valence-corrected chi connectivity index (χ2v) is 7.66. The normalized spacial score (nSPS) is 14.1. The molecule has 1 heterocycles. The zero-order chi connectivity index (χ0) is 16.4. The van der Waals surface area contributed by atoms with Crippen molar-refractivity contribution in [2.24, 2.45) is 5.41 Å². The molecule has 1 atom stereocenters. The molecule has 2 N–H and O–H groups in total. The van der Waals surface area contributed by atoms with Gasteiger partial charge in [0, 0.05) is 18.3 Å². The molecule has 0 aliphatic heterocycles. The molecule has 0 saturated heterocycles. The molecule has 0 bridgehead atoms. The van der Waals surface area contributed by atoms with E-state index in [2.05, 4.69) is 31.2 Å². The lowest BCUT2D eigenvalue weighted by Crippen LogP contribution is -2.44. The molecule has 21 heavy (non-hydrogen) atoms. The smallest absolute Gasteiger partial charge is 0.272 e. The van der Waals surface area contributed by atoms with Crippen LogP contribution in [0.2, 0.25) is 0 Å². The molecule has 1 aromatic rings. The van der Waals surface area contributed by atoms with Gasteiger partial charge >= 0.3 is 0 Å². The number of aliphatic hydroxyl groups excluding tert-OH is 1. The van der Waals surface area contributed by atoms with Crippen molar-refractivity contribution in [1.29, 1.82) is 0 Å². The predicted molar refractivity (Wildman–Crippen MR) is 84.4 cm³/mol. The van der Waals surface area contributed by atoms with E-state index in [0.717, 1.165) is 5.69 Å². The van der Waals surface area contributed by atoms with Gasteiger partial charge in [0.05, 0.1) is 5.54 Å². The van der Waals surface area contributed by atoms with Crippen LogP contribution in [-0.2, 0) is 5.54 Å². The zero-order valence-corrected chi connectivity index (χ0v) is 14.3. The highest BCUT2D eigenvalue weighted by Gasteiger charge is 2.27. The Kier molecular flexibility index (Phi) is 5.20. The summed E-state index contributed by atoms with van der Waals surface area (Å²) in [6.07, 6.45) is 0.536. The largest absolute Gasteiger partial charge is 0.396 e. The molecule has 1 aromatic heterocycles. The quantitative estimate of drug-likeness (QED) is 0.896. The summed E-state index contributed by atoms with van der Waals surface area (Å²) in [7, 11) is 0. The number of carbonyl (C=O) groups excluding carboxylic acids is 1. The highest BCUT2D eigenvalue weighted by molar-refractivity contribution is 5.92. The summed E-state index contributed by atoms with van der Waals surface area (Å²) in [5.74, 6) is -0.186. The fourth-order valence-electron chi connectivity index (χ4n) is 2.35. The molecule has 0 radical (unpaired) electrons. The summed E-state index contributed by atoms with van der Waals surface area (Å²) >= 11 is 0. The fraction of sp³-hybridized carbons (Fsp3) is 0.750. The van der Waals surface area contributed by atoms with Gasteiger partial charge in [0.2, 0.25) is 0 Å². The Bertz CT molecular complexity index is 493. The molecule has 1 rings (SSSR count). The monoisotopic (exact) mass is 295 g/mol. The zero-order valence-electron chi connectivity index (χ0n) is 14.3. The van der Waals surface area contributed by atoms with Crippen molar-refractivity contribution in [3.63, 3.8) is 0 Å². The number of aliphatic hydroxyl groups is 1. The van der Waals surface area contributed by atoms with Gasteiger partial charge < -0.3 is 10.4 Å². The Morgan fingerprint density at radius 2 is 1.90 bits per heavy atom. The van der Waals surface area contributed by atoms with E-state index in [1.165, 1.54) is 0 Å². The summed E-state index contributed by atoms with van der Waals surface area (Å²) in [5.41, 5.74) is 1.12. The first kappa shape index (κ1) is 17.7. The Hall–Kier alpha value is -1.36. The van der Waals surface area contributed by atoms with Crippen LogP contribution in [-0.4, -0.2) is 33.4 Å². The molecule has 1 unspecified atom stereocenters. The van der Waals surface area contributed by atoms with Gasteiger partial charge in [-0.2, -0.15) is 5.10 Å². The molecule has 0 aliphatic carbocycles. The highest BCUT2D eigenvalue weighted by Crippen LogP contribution is 2.22. The minimum Gasteiger partial charge on any atom is -0.396 e. The Balaban J connectivity index is 2.94. The van der Waals surface area contributed by atoms with E-state index in [9.17, 15) is 4.79 Å². The van der Waals surface area contributed by atoms with Gasteiger partial charge in [-0.3, -0.25) is 9.48 Å². The maximum Gasteiger partial charge on any atom is 0.272 e. The molecule has 0 fully saturated rings. The average molecular weight is 295 g/mol. The third-order valence-electron chi connectivity index (χ3n) is 3.52. The second-order valence-electron chi connectivity index (χ2n) is 7.66. The van der Waals surface area contributed by atoms with Gasteiger partial charge in [-0.15, -0.1) is 0 Å². The lowest BCUT2D eigenvalue weighted by molar-refractivity contribution is 0.0878. The number of amides is 1. The number of aryl methyl sites for hydroxylation is 1. The Morgan fingerprint density at radius 1 is 1.33 bits per heavy atom. The van der Waals surface area contributed by atoms with Crippen LogP contribution in [0.15, 0.2) is 6.07 Å². The summed E-state index contributed by atoms with van der Waals surface area (Å²) in [6, 6.07) is 1.72. The number of nitrogens with zero attached hydrogens (tertiary/aromatic N) is 2. The summed E-state index contributed by atoms with van der Waals surface area (Å²) in [6.45, 7) is 14.3. The van der Waals surface area contributed by atoms with Gasteiger partial charge in [0.1, 0.15) is 5.69 Å². The van der Waals surface area contributed by atoms with Crippen LogP contribution in [0.4, 0.5) is 0 Å². The summed E-state index contributed by atoms with van der Waals surface area (Å²) < 4.78 is 1.86. The van der Waals surface area contributed by atoms with E-state index >= 15 is 0 Å². The van der Waals surface area contributed by atoms with E-state index in [-0.39, 0.29) is 29.5 Å². The van der Waals surface area contributed by atoms with Crippen LogP contribution in [0.1, 0.15) is 64.1 Å². The van der Waals surface area contributed by atoms with Gasteiger partial charge in [0.15, 0.2) is 0 Å². The standard InChI is InChI=1S/C16H29N3O2/c1-11-10-12(18-19(11)16(5,6)7)14(21)17-13(8-9-20)15(2,3)4/h10,13,20H,8-9H2,1-7H3,(H,17,21). The molecular weight excluding hydrogens is 266 g/mol. The van der Waals surface area contributed by atoms with E-state index in [1.807, 2.05) is 32.4 Å². The number of rotatable bonds is 4. The Morgan fingerprint density at radius 3 is 2.29 bits per heavy atom. The third-order valence-corrected chi connectivity index (χ3v) is 3.52. The lowest BCUT2D eigenvalue weighted by Gasteiger charge is -2.30. The van der Waals surface area contributed by atoms with Crippen LogP contribution in [0.3, 0.4) is 0 Å². The first-order valence-electron chi connectivity index (χ1n) is 7.45. The number of hydrogen-bond acceptors (Lipinski definition) is 3. The molecule has 120 valence electrons. The number of carbonyl (C=O) groups is 1. The first-order chi connectivity index (χ1) is 9.46. The van der Waals surface area contributed by atoms with Gasteiger partial charge in [-0.25, -0.2) is 0 Å². The molecule has 0 aromatic carbocycles. The summed E-state index contributed by atoms with van der Waals surface area (Å²) in [4.78, 5) is 12.4. The molecule has 5 nitrogen and oxygen atoms in total. The van der Waals surface area contributed by atoms with E-state index in [4.69, 9.17) is 5.11 Å². The van der Waals surface area contributed by atoms with Crippen LogP contribution in [0.25, 0.3) is 0 Å². The van der Waals surface area contributed by atoms with Crippen molar-refractivity contribution >= 4 is 5.91 Å². The third kappa shape index (κ3) is 4.56. The molecule has 5 heteroatoms. The second kappa shape index (κ2) is 6.18. The van der Waals surface area contributed by atoms with E-state index < -0.39 is 0 Å². The van der Waals surface area contributed by atoms with Crippen LogP contribution < -0.4 is 5.32 Å². The van der Waals surface area contributed by atoms with Crippen molar-refractivity contribution in [3.8, 4) is 0 Å². The summed E-state index contributed by atoms with van der Waals surface area (Å²) in [5, 5.41) is 16.6. The van der Waals surface area contributed by atoms with Crippen LogP contribution in [0, 0.1) is 12.3 Å².